The second kappa shape index (κ2) is 7.42. The van der Waals surface area contributed by atoms with Crippen molar-refractivity contribution >= 4 is 5.91 Å². The van der Waals surface area contributed by atoms with Crippen molar-refractivity contribution in [1.82, 2.24) is 14.5 Å². The Morgan fingerprint density at radius 2 is 2.22 bits per heavy atom. The van der Waals surface area contributed by atoms with Crippen LogP contribution >= 0.6 is 0 Å². The largest absolute Gasteiger partial charge is 0.364 e. The van der Waals surface area contributed by atoms with Gasteiger partial charge in [0.05, 0.1) is 12.4 Å². The van der Waals surface area contributed by atoms with Gasteiger partial charge in [-0.05, 0) is 25.3 Å². The first-order valence-electron chi connectivity index (χ1n) is 8.22. The molecule has 0 radical (unpaired) electrons. The second-order valence-electron chi connectivity index (χ2n) is 5.84. The Kier molecular flexibility index (Phi) is 5.08. The molecule has 2 unspecified atom stereocenters. The highest BCUT2D eigenvalue weighted by Gasteiger charge is 2.30. The van der Waals surface area contributed by atoms with Crippen molar-refractivity contribution in [2.45, 2.75) is 31.9 Å². The molecule has 1 amide bonds. The molecule has 1 aromatic carbocycles. The minimum atomic E-state index is -0.511. The van der Waals surface area contributed by atoms with E-state index in [0.29, 0.717) is 19.2 Å². The number of carbonyl (C=O) groups excluding carboxylic acids is 1. The monoisotopic (exact) mass is 313 g/mol. The summed E-state index contributed by atoms with van der Waals surface area (Å²) in [5, 5.41) is 0. The summed E-state index contributed by atoms with van der Waals surface area (Å²) in [6.07, 6.45) is 7.15. The highest BCUT2D eigenvalue weighted by atomic mass is 16.5. The maximum atomic E-state index is 13.0. The van der Waals surface area contributed by atoms with Gasteiger partial charge in [-0.1, -0.05) is 30.3 Å². The molecular formula is C18H23N3O2. The van der Waals surface area contributed by atoms with Crippen LogP contribution in [0.4, 0.5) is 0 Å². The fourth-order valence-corrected chi connectivity index (χ4v) is 3.15. The van der Waals surface area contributed by atoms with Crippen LogP contribution in [0.1, 0.15) is 37.5 Å². The van der Waals surface area contributed by atoms with E-state index < -0.39 is 6.10 Å². The van der Waals surface area contributed by atoms with Crippen LogP contribution in [0.3, 0.4) is 0 Å². The third-order valence-corrected chi connectivity index (χ3v) is 4.31. The van der Waals surface area contributed by atoms with Crippen LogP contribution in [0.25, 0.3) is 0 Å². The molecule has 0 bridgehead atoms. The van der Waals surface area contributed by atoms with Gasteiger partial charge in [-0.2, -0.15) is 0 Å². The third kappa shape index (κ3) is 3.62. The molecule has 5 nitrogen and oxygen atoms in total. The average molecular weight is 313 g/mol. The Bertz CT molecular complexity index is 612. The van der Waals surface area contributed by atoms with Crippen LogP contribution in [0.15, 0.2) is 49.1 Å². The fraction of sp³-hybridized carbons (Fsp3) is 0.444. The summed E-state index contributed by atoms with van der Waals surface area (Å²) in [4.78, 5) is 19.0. The van der Waals surface area contributed by atoms with Crippen LogP contribution in [0.5, 0.6) is 0 Å². The highest BCUT2D eigenvalue weighted by molar-refractivity contribution is 5.82. The number of aromatic nitrogens is 2. The molecule has 1 aliphatic heterocycles. The maximum Gasteiger partial charge on any atom is 0.256 e. The molecule has 1 saturated heterocycles. The molecule has 3 rings (SSSR count). The van der Waals surface area contributed by atoms with Gasteiger partial charge in [0.2, 0.25) is 0 Å². The van der Waals surface area contributed by atoms with Gasteiger partial charge in [-0.15, -0.1) is 0 Å². The van der Waals surface area contributed by atoms with E-state index in [1.165, 1.54) is 0 Å². The van der Waals surface area contributed by atoms with Crippen molar-refractivity contribution < 1.29 is 9.53 Å². The van der Waals surface area contributed by atoms with Gasteiger partial charge < -0.3 is 14.2 Å². The molecule has 0 N–H and O–H groups in total. The van der Waals surface area contributed by atoms with E-state index in [9.17, 15) is 4.79 Å². The van der Waals surface area contributed by atoms with Gasteiger partial charge in [0.1, 0.15) is 0 Å². The number of imidazole rings is 1. The topological polar surface area (TPSA) is 47.4 Å². The molecule has 5 heteroatoms. The number of nitrogens with zero attached hydrogens (tertiary/aromatic N) is 3. The van der Waals surface area contributed by atoms with Crippen molar-refractivity contribution in [3.8, 4) is 0 Å². The summed E-state index contributed by atoms with van der Waals surface area (Å²) in [6.45, 7) is 3.95. The number of rotatable bonds is 5. The highest BCUT2D eigenvalue weighted by Crippen LogP contribution is 2.26. The van der Waals surface area contributed by atoms with Crippen LogP contribution in [0.2, 0.25) is 0 Å². The molecule has 2 aromatic rings. The Morgan fingerprint density at radius 1 is 1.39 bits per heavy atom. The van der Waals surface area contributed by atoms with E-state index in [1.807, 2.05) is 54.7 Å². The minimum Gasteiger partial charge on any atom is -0.364 e. The van der Waals surface area contributed by atoms with Gasteiger partial charge in [-0.3, -0.25) is 4.79 Å². The predicted molar refractivity (Wildman–Crippen MR) is 87.9 cm³/mol. The number of piperidine rings is 1. The Balaban J connectivity index is 1.74. The zero-order valence-corrected chi connectivity index (χ0v) is 13.5. The minimum absolute atomic E-state index is 0.0582. The Morgan fingerprint density at radius 3 is 2.91 bits per heavy atom. The van der Waals surface area contributed by atoms with Gasteiger partial charge in [0.25, 0.3) is 5.91 Å². The maximum absolute atomic E-state index is 13.0. The normalized spacial score (nSPS) is 19.5. The first-order chi connectivity index (χ1) is 11.3. The zero-order chi connectivity index (χ0) is 16.1. The van der Waals surface area contributed by atoms with Crippen LogP contribution in [-0.4, -0.2) is 40.1 Å². The molecule has 1 fully saturated rings. The lowest BCUT2D eigenvalue weighted by molar-refractivity contribution is -0.145. The Hall–Kier alpha value is -2.14. The summed E-state index contributed by atoms with van der Waals surface area (Å²) >= 11 is 0. The summed E-state index contributed by atoms with van der Waals surface area (Å²) in [7, 11) is 0. The smallest absolute Gasteiger partial charge is 0.256 e. The van der Waals surface area contributed by atoms with Gasteiger partial charge in [-0.25, -0.2) is 4.98 Å². The van der Waals surface area contributed by atoms with E-state index >= 15 is 0 Å². The van der Waals surface area contributed by atoms with Crippen molar-refractivity contribution in [3.05, 3.63) is 54.6 Å². The van der Waals surface area contributed by atoms with Crippen LogP contribution < -0.4 is 0 Å². The van der Waals surface area contributed by atoms with E-state index in [2.05, 4.69) is 9.55 Å². The summed E-state index contributed by atoms with van der Waals surface area (Å²) in [5.74, 6) is 0.0582. The molecule has 0 saturated carbocycles. The molecule has 0 spiro atoms. The van der Waals surface area contributed by atoms with Crippen LogP contribution in [-0.2, 0) is 9.53 Å². The third-order valence-electron chi connectivity index (χ3n) is 4.31. The molecule has 0 aliphatic carbocycles. The van der Waals surface area contributed by atoms with E-state index in [-0.39, 0.29) is 5.91 Å². The second-order valence-corrected chi connectivity index (χ2v) is 5.84. The Labute approximate surface area is 136 Å². The van der Waals surface area contributed by atoms with Crippen molar-refractivity contribution in [2.75, 3.05) is 19.7 Å². The molecule has 2 heterocycles. The van der Waals surface area contributed by atoms with E-state index in [4.69, 9.17) is 4.74 Å². The molecule has 2 atom stereocenters. The number of ether oxygens (including phenoxy) is 1. The lowest BCUT2D eigenvalue weighted by Crippen LogP contribution is -2.43. The van der Waals surface area contributed by atoms with Crippen LogP contribution in [0, 0.1) is 0 Å². The van der Waals surface area contributed by atoms with Gasteiger partial charge >= 0.3 is 0 Å². The first kappa shape index (κ1) is 15.7. The number of benzene rings is 1. The molecule has 23 heavy (non-hydrogen) atoms. The number of likely N-dealkylation sites (tertiary alicyclic amines) is 1. The molecule has 1 aromatic heterocycles. The zero-order valence-electron chi connectivity index (χ0n) is 13.5. The van der Waals surface area contributed by atoms with E-state index in [1.54, 1.807) is 6.20 Å². The van der Waals surface area contributed by atoms with Crippen molar-refractivity contribution in [3.63, 3.8) is 0 Å². The van der Waals surface area contributed by atoms with Gasteiger partial charge in [0.15, 0.2) is 6.10 Å². The van der Waals surface area contributed by atoms with Crippen molar-refractivity contribution in [1.29, 1.82) is 0 Å². The molecular weight excluding hydrogens is 290 g/mol. The quantitative estimate of drug-likeness (QED) is 0.853. The predicted octanol–water partition coefficient (Wildman–Crippen LogP) is 2.82. The standard InChI is InChI=1S/C18H23N3O2/c1-2-23-17(15-7-4-3-5-8-15)18(22)20-11-6-9-16(13-20)21-12-10-19-14-21/h3-5,7-8,10,12,14,16-17H,2,6,9,11,13H2,1H3. The molecule has 1 aliphatic rings. The number of hydrogen-bond donors (Lipinski definition) is 0. The number of hydrogen-bond acceptors (Lipinski definition) is 3. The van der Waals surface area contributed by atoms with E-state index in [0.717, 1.165) is 24.9 Å². The molecule has 122 valence electrons. The summed E-state index contributed by atoms with van der Waals surface area (Å²) in [6, 6.07) is 10.0. The number of amides is 1. The lowest BCUT2D eigenvalue weighted by atomic mass is 10.0. The number of carbonyl (C=O) groups is 1. The summed E-state index contributed by atoms with van der Waals surface area (Å²) < 4.78 is 7.85. The van der Waals surface area contributed by atoms with Gasteiger partial charge in [0, 0.05) is 32.1 Å². The first-order valence-corrected chi connectivity index (χ1v) is 8.22. The SMILES string of the molecule is CCOC(C(=O)N1CCCC(n2ccnc2)C1)c1ccccc1. The summed E-state index contributed by atoms with van der Waals surface area (Å²) in [5.41, 5.74) is 0.920. The fourth-order valence-electron chi connectivity index (χ4n) is 3.15. The lowest BCUT2D eigenvalue weighted by Gasteiger charge is -2.35. The average Bonchev–Trinajstić information content (AvgIpc) is 3.15. The van der Waals surface area contributed by atoms with Crippen molar-refractivity contribution in [2.24, 2.45) is 0 Å².